The zero-order valence-electron chi connectivity index (χ0n) is 18.3. The van der Waals surface area contributed by atoms with E-state index in [0.717, 1.165) is 5.56 Å². The maximum atomic E-state index is 13.0. The molecule has 1 aliphatic heterocycles. The second-order valence-electron chi connectivity index (χ2n) is 7.41. The lowest BCUT2D eigenvalue weighted by Crippen LogP contribution is -2.45. The number of rotatable bonds is 8. The second kappa shape index (κ2) is 10.4. The average molecular weight is 483 g/mol. The highest BCUT2D eigenvalue weighted by Crippen LogP contribution is 2.38. The fourth-order valence-corrected chi connectivity index (χ4v) is 5.35. The van der Waals surface area contributed by atoms with Crippen LogP contribution in [0.15, 0.2) is 41.3 Å². The van der Waals surface area contributed by atoms with E-state index in [1.165, 1.54) is 37.8 Å². The monoisotopic (exact) mass is 482 g/mol. The van der Waals surface area contributed by atoms with Crippen LogP contribution in [-0.2, 0) is 21.4 Å². The summed E-state index contributed by atoms with van der Waals surface area (Å²) in [4.78, 5) is 13.0. The SMILES string of the molecule is COc1cc(CNC(=O)C2CCCN(S(=O)(=O)c3ccc(Cl)cc3)C2)cc(OC)c1OC. The van der Waals surface area contributed by atoms with Crippen LogP contribution in [0.2, 0.25) is 5.02 Å². The van der Waals surface area contributed by atoms with E-state index in [9.17, 15) is 13.2 Å². The second-order valence-corrected chi connectivity index (χ2v) is 9.78. The molecule has 1 amide bonds. The number of hydrogen-bond acceptors (Lipinski definition) is 6. The summed E-state index contributed by atoms with van der Waals surface area (Å²) in [7, 11) is 0.883. The topological polar surface area (TPSA) is 94.2 Å². The number of benzene rings is 2. The molecule has 32 heavy (non-hydrogen) atoms. The Morgan fingerprint density at radius 1 is 1.09 bits per heavy atom. The molecule has 1 fully saturated rings. The van der Waals surface area contributed by atoms with E-state index < -0.39 is 15.9 Å². The molecule has 0 radical (unpaired) electrons. The van der Waals surface area contributed by atoms with Gasteiger partial charge in [0.1, 0.15) is 0 Å². The molecule has 2 aromatic rings. The van der Waals surface area contributed by atoms with E-state index >= 15 is 0 Å². The van der Waals surface area contributed by atoms with Crippen LogP contribution in [0.1, 0.15) is 18.4 Å². The molecule has 1 unspecified atom stereocenters. The smallest absolute Gasteiger partial charge is 0.243 e. The minimum atomic E-state index is -3.69. The van der Waals surface area contributed by atoms with Gasteiger partial charge < -0.3 is 19.5 Å². The summed E-state index contributed by atoms with van der Waals surface area (Å²) in [5, 5.41) is 3.36. The first kappa shape index (κ1) is 24.2. The molecule has 1 aliphatic rings. The highest BCUT2D eigenvalue weighted by Gasteiger charge is 2.33. The molecule has 3 rings (SSSR count). The third-order valence-corrected chi connectivity index (χ3v) is 7.53. The Morgan fingerprint density at radius 2 is 1.72 bits per heavy atom. The average Bonchev–Trinajstić information content (AvgIpc) is 2.82. The molecule has 1 N–H and O–H groups in total. The molecule has 1 saturated heterocycles. The van der Waals surface area contributed by atoms with Crippen LogP contribution < -0.4 is 19.5 Å². The lowest BCUT2D eigenvalue weighted by molar-refractivity contribution is -0.126. The molecular formula is C22H27ClN2O6S. The highest BCUT2D eigenvalue weighted by atomic mass is 35.5. The van der Waals surface area contributed by atoms with Crippen LogP contribution in [-0.4, -0.2) is 53.0 Å². The van der Waals surface area contributed by atoms with Gasteiger partial charge in [0.2, 0.25) is 21.7 Å². The van der Waals surface area contributed by atoms with Crippen molar-refractivity contribution in [2.75, 3.05) is 34.4 Å². The van der Waals surface area contributed by atoms with Crippen LogP contribution in [0, 0.1) is 5.92 Å². The van der Waals surface area contributed by atoms with Gasteiger partial charge in [-0.05, 0) is 54.8 Å². The summed E-state index contributed by atoms with van der Waals surface area (Å²) in [6, 6.07) is 9.57. The Hall–Kier alpha value is -2.49. The summed E-state index contributed by atoms with van der Waals surface area (Å²) in [5.41, 5.74) is 0.773. The van der Waals surface area contributed by atoms with Crippen molar-refractivity contribution in [3.05, 3.63) is 47.0 Å². The van der Waals surface area contributed by atoms with Gasteiger partial charge in [-0.15, -0.1) is 0 Å². The maximum Gasteiger partial charge on any atom is 0.243 e. The molecule has 1 heterocycles. The van der Waals surface area contributed by atoms with Crippen molar-refractivity contribution in [1.82, 2.24) is 9.62 Å². The van der Waals surface area contributed by atoms with Crippen molar-refractivity contribution < 1.29 is 27.4 Å². The summed E-state index contributed by atoms with van der Waals surface area (Å²) < 4.78 is 43.3. The molecule has 2 aromatic carbocycles. The van der Waals surface area contributed by atoms with Gasteiger partial charge in [0.05, 0.1) is 32.1 Å². The Balaban J connectivity index is 1.68. The van der Waals surface area contributed by atoms with Crippen LogP contribution in [0.4, 0.5) is 0 Å². The predicted octanol–water partition coefficient (Wildman–Crippen LogP) is 3.08. The number of methoxy groups -OCH3 is 3. The van der Waals surface area contributed by atoms with E-state index in [1.807, 2.05) is 0 Å². The van der Waals surface area contributed by atoms with Gasteiger partial charge in [-0.2, -0.15) is 4.31 Å². The largest absolute Gasteiger partial charge is 0.493 e. The highest BCUT2D eigenvalue weighted by molar-refractivity contribution is 7.89. The number of hydrogen-bond donors (Lipinski definition) is 1. The molecule has 0 aromatic heterocycles. The standard InChI is InChI=1S/C22H27ClN2O6S/c1-29-19-11-15(12-20(30-2)21(19)31-3)13-24-22(26)16-5-4-10-25(14-16)32(27,28)18-8-6-17(23)7-9-18/h6-9,11-12,16H,4-5,10,13-14H2,1-3H3,(H,24,26). The number of piperidine rings is 1. The third-order valence-electron chi connectivity index (χ3n) is 5.40. The number of amides is 1. The van der Waals surface area contributed by atoms with Crippen molar-refractivity contribution in [3.63, 3.8) is 0 Å². The van der Waals surface area contributed by atoms with Crippen molar-refractivity contribution in [3.8, 4) is 17.2 Å². The third kappa shape index (κ3) is 5.28. The van der Waals surface area contributed by atoms with E-state index in [0.29, 0.717) is 41.7 Å². The Labute approximate surface area is 193 Å². The Morgan fingerprint density at radius 3 is 2.28 bits per heavy atom. The summed E-state index contributed by atoms with van der Waals surface area (Å²) in [6.45, 7) is 0.754. The van der Waals surface area contributed by atoms with E-state index in [-0.39, 0.29) is 23.9 Å². The van der Waals surface area contributed by atoms with Gasteiger partial charge in [-0.1, -0.05) is 11.6 Å². The minimum Gasteiger partial charge on any atom is -0.493 e. The fourth-order valence-electron chi connectivity index (χ4n) is 3.70. The first-order valence-corrected chi connectivity index (χ1v) is 11.9. The zero-order chi connectivity index (χ0) is 23.3. The van der Waals surface area contributed by atoms with Crippen molar-refractivity contribution >= 4 is 27.5 Å². The number of ether oxygens (including phenoxy) is 3. The normalized spacial score (nSPS) is 16.9. The quantitative estimate of drug-likeness (QED) is 0.621. The van der Waals surface area contributed by atoms with Gasteiger partial charge in [-0.3, -0.25) is 4.79 Å². The summed E-state index contributed by atoms with van der Waals surface area (Å²) in [5.74, 6) is 0.825. The van der Waals surface area contributed by atoms with Crippen LogP contribution in [0.5, 0.6) is 17.2 Å². The van der Waals surface area contributed by atoms with E-state index in [4.69, 9.17) is 25.8 Å². The number of carbonyl (C=O) groups excluding carboxylic acids is 1. The number of halogens is 1. The first-order valence-electron chi connectivity index (χ1n) is 10.1. The molecule has 0 aliphatic carbocycles. The van der Waals surface area contributed by atoms with Gasteiger partial charge in [0.25, 0.3) is 0 Å². The minimum absolute atomic E-state index is 0.131. The molecule has 174 valence electrons. The summed E-state index contributed by atoms with van der Waals surface area (Å²) in [6.07, 6.45) is 1.23. The van der Waals surface area contributed by atoms with E-state index in [2.05, 4.69) is 5.32 Å². The van der Waals surface area contributed by atoms with Crippen LogP contribution >= 0.6 is 11.6 Å². The molecule has 0 spiro atoms. The molecule has 0 saturated carbocycles. The molecule has 8 nitrogen and oxygen atoms in total. The van der Waals surface area contributed by atoms with Gasteiger partial charge >= 0.3 is 0 Å². The fraction of sp³-hybridized carbons (Fsp3) is 0.409. The Bertz CT molecular complexity index is 1030. The molecular weight excluding hydrogens is 456 g/mol. The Kier molecular flexibility index (Phi) is 7.86. The van der Waals surface area contributed by atoms with Crippen molar-refractivity contribution in [1.29, 1.82) is 0 Å². The zero-order valence-corrected chi connectivity index (χ0v) is 19.8. The number of nitrogens with zero attached hydrogens (tertiary/aromatic N) is 1. The number of carbonyl (C=O) groups is 1. The van der Waals surface area contributed by atoms with Crippen molar-refractivity contribution in [2.45, 2.75) is 24.3 Å². The van der Waals surface area contributed by atoms with Gasteiger partial charge in [0.15, 0.2) is 11.5 Å². The van der Waals surface area contributed by atoms with Crippen molar-refractivity contribution in [2.24, 2.45) is 5.92 Å². The van der Waals surface area contributed by atoms with E-state index in [1.54, 1.807) is 24.3 Å². The number of nitrogens with one attached hydrogen (secondary N) is 1. The van der Waals surface area contributed by atoms with Gasteiger partial charge in [0, 0.05) is 24.7 Å². The number of sulfonamides is 1. The predicted molar refractivity (Wildman–Crippen MR) is 121 cm³/mol. The first-order chi connectivity index (χ1) is 15.3. The molecule has 10 heteroatoms. The van der Waals surface area contributed by atoms with Crippen LogP contribution in [0.3, 0.4) is 0 Å². The molecule has 1 atom stereocenters. The lowest BCUT2D eigenvalue weighted by atomic mass is 9.98. The van der Waals surface area contributed by atoms with Gasteiger partial charge in [-0.25, -0.2) is 8.42 Å². The maximum absolute atomic E-state index is 13.0. The summed E-state index contributed by atoms with van der Waals surface area (Å²) >= 11 is 5.87. The van der Waals surface area contributed by atoms with Crippen LogP contribution in [0.25, 0.3) is 0 Å². The lowest BCUT2D eigenvalue weighted by Gasteiger charge is -2.31. The molecule has 0 bridgehead atoms.